The average molecular weight is 453 g/mol. The summed E-state index contributed by atoms with van der Waals surface area (Å²) in [6, 6.07) is 5.34. The number of nitrogens with one attached hydrogen (secondary N) is 1. The van der Waals surface area contributed by atoms with Crippen LogP contribution < -0.4 is 14.4 Å². The lowest BCUT2D eigenvalue weighted by molar-refractivity contribution is -0.116. The number of ether oxygens (including phenoxy) is 2. The first kappa shape index (κ1) is 22.1. The minimum Gasteiger partial charge on any atom is -0.497 e. The predicted octanol–water partition coefficient (Wildman–Crippen LogP) is 2.83. The van der Waals surface area contributed by atoms with Crippen molar-refractivity contribution >= 4 is 43.9 Å². The number of carbonyl (C=O) groups is 2. The molecule has 0 fully saturated rings. The summed E-state index contributed by atoms with van der Waals surface area (Å²) in [7, 11) is -0.951. The molecule has 1 unspecified atom stereocenters. The summed E-state index contributed by atoms with van der Waals surface area (Å²) in [4.78, 5) is 26.3. The molecule has 1 atom stereocenters. The van der Waals surface area contributed by atoms with Crippen molar-refractivity contribution < 1.29 is 27.5 Å². The van der Waals surface area contributed by atoms with E-state index in [0.717, 1.165) is 40.3 Å². The first-order chi connectivity index (χ1) is 14.2. The van der Waals surface area contributed by atoms with Gasteiger partial charge in [0.05, 0.1) is 31.7 Å². The molecule has 1 aromatic heterocycles. The van der Waals surface area contributed by atoms with Crippen molar-refractivity contribution in [1.29, 1.82) is 0 Å². The SMILES string of the molecule is COC(=O)c1c(NC(=O)C(C)N(c2ccc(OC)cc2)S(C)(=O)=O)sc2c1CCC2. The van der Waals surface area contributed by atoms with Crippen LogP contribution in [0, 0.1) is 0 Å². The Hall–Kier alpha value is -2.59. The highest BCUT2D eigenvalue weighted by molar-refractivity contribution is 7.92. The number of rotatable bonds is 7. The first-order valence-electron chi connectivity index (χ1n) is 9.34. The summed E-state index contributed by atoms with van der Waals surface area (Å²) >= 11 is 1.34. The number of hydrogen-bond acceptors (Lipinski definition) is 7. The van der Waals surface area contributed by atoms with Gasteiger partial charge in [0.2, 0.25) is 15.9 Å². The van der Waals surface area contributed by atoms with Crippen LogP contribution in [0.4, 0.5) is 10.7 Å². The van der Waals surface area contributed by atoms with E-state index < -0.39 is 27.9 Å². The van der Waals surface area contributed by atoms with Crippen molar-refractivity contribution in [3.8, 4) is 5.75 Å². The Morgan fingerprint density at radius 1 is 1.17 bits per heavy atom. The van der Waals surface area contributed by atoms with Crippen molar-refractivity contribution in [3.05, 3.63) is 40.3 Å². The van der Waals surface area contributed by atoms with Gasteiger partial charge in [0.25, 0.3) is 0 Å². The predicted molar refractivity (Wildman–Crippen MR) is 116 cm³/mol. The van der Waals surface area contributed by atoms with Crippen LogP contribution in [0.2, 0.25) is 0 Å². The quantitative estimate of drug-likeness (QED) is 0.648. The molecule has 1 aliphatic carbocycles. The number of thiophene rings is 1. The molecule has 0 radical (unpaired) electrons. The molecule has 2 aromatic rings. The maximum absolute atomic E-state index is 13.0. The number of benzene rings is 1. The standard InChI is InChI=1S/C20H24N2O6S2/c1-12(22(30(4,25)26)13-8-10-14(27-2)11-9-13)18(23)21-19-17(20(24)28-3)15-6-5-7-16(15)29-19/h8-12H,5-7H2,1-4H3,(H,21,23). The number of carbonyl (C=O) groups excluding carboxylic acids is 2. The van der Waals surface area contributed by atoms with Crippen LogP contribution in [0.3, 0.4) is 0 Å². The average Bonchev–Trinajstić information content (AvgIpc) is 3.27. The third-order valence-corrected chi connectivity index (χ3v) is 7.41. The van der Waals surface area contributed by atoms with Crippen molar-refractivity contribution in [1.82, 2.24) is 0 Å². The minimum atomic E-state index is -3.76. The third-order valence-electron chi connectivity index (χ3n) is 4.96. The summed E-state index contributed by atoms with van der Waals surface area (Å²) in [5.41, 5.74) is 1.61. The Bertz CT molecular complexity index is 1060. The van der Waals surface area contributed by atoms with Gasteiger partial charge >= 0.3 is 5.97 Å². The Labute approximate surface area is 179 Å². The fourth-order valence-corrected chi connectivity index (χ4v) is 6.02. The Morgan fingerprint density at radius 3 is 2.40 bits per heavy atom. The van der Waals surface area contributed by atoms with Crippen molar-refractivity contribution in [3.63, 3.8) is 0 Å². The zero-order valence-electron chi connectivity index (χ0n) is 17.2. The third kappa shape index (κ3) is 4.29. The monoisotopic (exact) mass is 452 g/mol. The van der Waals surface area contributed by atoms with E-state index in [9.17, 15) is 18.0 Å². The van der Waals surface area contributed by atoms with Crippen molar-refractivity contribution in [2.75, 3.05) is 30.1 Å². The molecule has 1 amide bonds. The molecule has 0 saturated carbocycles. The van der Waals surface area contributed by atoms with Gasteiger partial charge in [-0.05, 0) is 56.0 Å². The number of fused-ring (bicyclic) bond motifs is 1. The number of sulfonamides is 1. The van der Waals surface area contributed by atoms with Gasteiger partial charge in [-0.3, -0.25) is 9.10 Å². The smallest absolute Gasteiger partial charge is 0.341 e. The normalized spacial score (nSPS) is 14.0. The molecule has 0 saturated heterocycles. The summed E-state index contributed by atoms with van der Waals surface area (Å²) in [6.45, 7) is 1.50. The number of amides is 1. The molecule has 8 nitrogen and oxygen atoms in total. The number of nitrogens with zero attached hydrogens (tertiary/aromatic N) is 1. The van der Waals surface area contributed by atoms with E-state index in [4.69, 9.17) is 9.47 Å². The molecule has 10 heteroatoms. The molecule has 1 N–H and O–H groups in total. The maximum Gasteiger partial charge on any atom is 0.341 e. The summed E-state index contributed by atoms with van der Waals surface area (Å²) in [5.74, 6) is -0.478. The van der Waals surface area contributed by atoms with Gasteiger partial charge in [-0.25, -0.2) is 13.2 Å². The Balaban J connectivity index is 1.91. The molecule has 1 aromatic carbocycles. The van der Waals surface area contributed by atoms with Crippen LogP contribution in [0.25, 0.3) is 0 Å². The van der Waals surface area contributed by atoms with Gasteiger partial charge in [-0.15, -0.1) is 11.3 Å². The summed E-state index contributed by atoms with van der Waals surface area (Å²) < 4.78 is 36.0. The fourth-order valence-electron chi connectivity index (χ4n) is 3.56. The second-order valence-electron chi connectivity index (χ2n) is 6.98. The highest BCUT2D eigenvalue weighted by Crippen LogP contribution is 2.39. The van der Waals surface area contributed by atoms with Gasteiger partial charge in [0, 0.05) is 4.88 Å². The van der Waals surface area contributed by atoms with Crippen molar-refractivity contribution in [2.45, 2.75) is 32.2 Å². The number of aryl methyl sites for hydroxylation is 1. The Kier molecular flexibility index (Phi) is 6.37. The molecule has 162 valence electrons. The number of hydrogen-bond donors (Lipinski definition) is 1. The molecule has 0 bridgehead atoms. The number of anilines is 2. The van der Waals surface area contributed by atoms with E-state index in [1.807, 2.05) is 0 Å². The zero-order chi connectivity index (χ0) is 22.1. The highest BCUT2D eigenvalue weighted by Gasteiger charge is 2.32. The van der Waals surface area contributed by atoms with Gasteiger partial charge in [0.1, 0.15) is 16.8 Å². The molecule has 30 heavy (non-hydrogen) atoms. The lowest BCUT2D eigenvalue weighted by atomic mass is 10.1. The number of methoxy groups -OCH3 is 2. The summed E-state index contributed by atoms with van der Waals surface area (Å²) in [5, 5.41) is 3.14. The maximum atomic E-state index is 13.0. The lowest BCUT2D eigenvalue weighted by Crippen LogP contribution is -2.45. The molecular formula is C20H24N2O6S2. The summed E-state index contributed by atoms with van der Waals surface area (Å²) in [6.07, 6.45) is 3.59. The lowest BCUT2D eigenvalue weighted by Gasteiger charge is -2.28. The largest absolute Gasteiger partial charge is 0.497 e. The fraction of sp³-hybridized carbons (Fsp3) is 0.400. The van der Waals surface area contributed by atoms with Gasteiger partial charge in [0.15, 0.2) is 0 Å². The molecule has 1 heterocycles. The van der Waals surface area contributed by atoms with E-state index in [2.05, 4.69) is 5.32 Å². The van der Waals surface area contributed by atoms with E-state index >= 15 is 0 Å². The van der Waals surface area contributed by atoms with Gasteiger partial charge in [-0.2, -0.15) is 0 Å². The highest BCUT2D eigenvalue weighted by atomic mass is 32.2. The van der Waals surface area contributed by atoms with E-state index in [1.165, 1.54) is 32.5 Å². The van der Waals surface area contributed by atoms with Crippen LogP contribution in [-0.4, -0.2) is 46.8 Å². The van der Waals surface area contributed by atoms with Gasteiger partial charge in [-0.1, -0.05) is 0 Å². The second-order valence-corrected chi connectivity index (χ2v) is 9.94. The second kappa shape index (κ2) is 8.65. The molecule has 0 spiro atoms. The van der Waals surface area contributed by atoms with E-state index in [1.54, 1.807) is 24.3 Å². The van der Waals surface area contributed by atoms with Crippen LogP contribution in [-0.2, 0) is 32.4 Å². The van der Waals surface area contributed by atoms with Crippen LogP contribution in [0.5, 0.6) is 5.75 Å². The number of esters is 1. The first-order valence-corrected chi connectivity index (χ1v) is 12.0. The topological polar surface area (TPSA) is 102 Å². The molecule has 3 rings (SSSR count). The minimum absolute atomic E-state index is 0.336. The van der Waals surface area contributed by atoms with Crippen LogP contribution >= 0.6 is 11.3 Å². The van der Waals surface area contributed by atoms with Crippen molar-refractivity contribution in [2.24, 2.45) is 0 Å². The molecule has 0 aliphatic heterocycles. The molecule has 1 aliphatic rings. The van der Waals surface area contributed by atoms with Gasteiger partial charge < -0.3 is 14.8 Å². The Morgan fingerprint density at radius 2 is 1.83 bits per heavy atom. The zero-order valence-corrected chi connectivity index (χ0v) is 18.9. The van der Waals surface area contributed by atoms with Crippen LogP contribution in [0.1, 0.15) is 34.1 Å². The van der Waals surface area contributed by atoms with Crippen LogP contribution in [0.15, 0.2) is 24.3 Å². The van der Waals surface area contributed by atoms with E-state index in [0.29, 0.717) is 22.0 Å². The molecular weight excluding hydrogens is 428 g/mol. The van der Waals surface area contributed by atoms with E-state index in [-0.39, 0.29) is 0 Å².